The van der Waals surface area contributed by atoms with Gasteiger partial charge in [-0.05, 0) is 22.6 Å². The number of benzene rings is 1. The molecule has 1 aromatic carbocycles. The number of rotatable bonds is 5. The lowest BCUT2D eigenvalue weighted by Crippen LogP contribution is -2.08. The van der Waals surface area contributed by atoms with Gasteiger partial charge in [-0.25, -0.2) is 4.79 Å². The molecule has 0 atom stereocenters. The zero-order chi connectivity index (χ0) is 14.5. The van der Waals surface area contributed by atoms with Crippen molar-refractivity contribution in [3.05, 3.63) is 51.7 Å². The Morgan fingerprint density at radius 2 is 1.90 bits per heavy atom. The van der Waals surface area contributed by atoms with Gasteiger partial charge in [-0.3, -0.25) is 4.79 Å². The van der Waals surface area contributed by atoms with Crippen molar-refractivity contribution in [1.29, 1.82) is 0 Å². The van der Waals surface area contributed by atoms with E-state index in [0.29, 0.717) is 21.7 Å². The number of carbonyl (C=O) groups excluding carboxylic acids is 1. The molecule has 0 aliphatic rings. The highest BCUT2D eigenvalue weighted by Crippen LogP contribution is 2.21. The van der Waals surface area contributed by atoms with E-state index in [9.17, 15) is 9.59 Å². The molecule has 0 unspecified atom stereocenters. The van der Waals surface area contributed by atoms with Crippen LogP contribution in [0.2, 0.25) is 0 Å². The van der Waals surface area contributed by atoms with Crippen molar-refractivity contribution < 1.29 is 19.4 Å². The monoisotopic (exact) mass is 291 g/mol. The summed E-state index contributed by atoms with van der Waals surface area (Å²) in [7, 11) is 0. The minimum absolute atomic E-state index is 0.0274. The van der Waals surface area contributed by atoms with Crippen LogP contribution < -0.4 is 5.73 Å². The van der Waals surface area contributed by atoms with Crippen LogP contribution in [0, 0.1) is 0 Å². The summed E-state index contributed by atoms with van der Waals surface area (Å²) in [5.74, 6) is -1.42. The zero-order valence-electron chi connectivity index (χ0n) is 10.5. The average molecular weight is 291 g/mol. The topological polar surface area (TPSA) is 89.6 Å². The molecule has 2 aromatic rings. The Kier molecular flexibility index (Phi) is 4.37. The molecule has 1 aromatic heterocycles. The highest BCUT2D eigenvalue weighted by atomic mass is 32.1. The van der Waals surface area contributed by atoms with Gasteiger partial charge in [-0.15, -0.1) is 11.3 Å². The van der Waals surface area contributed by atoms with E-state index in [2.05, 4.69) is 0 Å². The van der Waals surface area contributed by atoms with Crippen LogP contribution in [0.5, 0.6) is 0 Å². The van der Waals surface area contributed by atoms with Crippen LogP contribution in [0.25, 0.3) is 0 Å². The quantitative estimate of drug-likeness (QED) is 0.825. The molecule has 0 spiro atoms. The molecule has 0 aliphatic carbocycles. The third-order valence-electron chi connectivity index (χ3n) is 2.70. The highest BCUT2D eigenvalue weighted by Gasteiger charge is 2.14. The third-order valence-corrected chi connectivity index (χ3v) is 3.61. The first-order valence-electron chi connectivity index (χ1n) is 5.86. The smallest absolute Gasteiger partial charge is 0.350 e. The van der Waals surface area contributed by atoms with E-state index >= 15 is 0 Å². The number of ether oxygens (including phenoxy) is 1. The number of carboxylic acids is 1. The second-order valence-electron chi connectivity index (χ2n) is 4.12. The van der Waals surface area contributed by atoms with Crippen molar-refractivity contribution in [2.24, 2.45) is 0 Å². The number of thiophene rings is 1. The summed E-state index contributed by atoms with van der Waals surface area (Å²) >= 11 is 1.21. The molecule has 0 amide bonds. The number of esters is 1. The zero-order valence-corrected chi connectivity index (χ0v) is 11.4. The number of carbonyl (C=O) groups is 2. The standard InChI is InChI=1S/C14H13NO4S/c15-11-5-6-20-13(11)14(18)19-8-10-4-2-1-3-9(10)7-12(16)17/h1-6H,7-8,15H2,(H,16,17). The van der Waals surface area contributed by atoms with Crippen LogP contribution in [0.4, 0.5) is 5.69 Å². The van der Waals surface area contributed by atoms with Gasteiger partial charge in [0.2, 0.25) is 0 Å². The van der Waals surface area contributed by atoms with Gasteiger partial charge in [-0.1, -0.05) is 24.3 Å². The molecule has 2 rings (SSSR count). The lowest BCUT2D eigenvalue weighted by atomic mass is 10.1. The number of aliphatic carboxylic acids is 1. The Morgan fingerprint density at radius 3 is 2.50 bits per heavy atom. The van der Waals surface area contributed by atoms with Gasteiger partial charge in [0.25, 0.3) is 0 Å². The van der Waals surface area contributed by atoms with Crippen LogP contribution in [0.3, 0.4) is 0 Å². The van der Waals surface area contributed by atoms with Crippen molar-refractivity contribution in [3.63, 3.8) is 0 Å². The van der Waals surface area contributed by atoms with Gasteiger partial charge in [0.15, 0.2) is 0 Å². The van der Waals surface area contributed by atoms with E-state index in [1.165, 1.54) is 11.3 Å². The molecular weight excluding hydrogens is 278 g/mol. The third kappa shape index (κ3) is 3.36. The first kappa shape index (κ1) is 14.1. The van der Waals surface area contributed by atoms with Gasteiger partial charge in [0, 0.05) is 0 Å². The number of carboxylic acid groups (broad SMARTS) is 1. The maximum absolute atomic E-state index is 11.8. The molecule has 104 valence electrons. The number of nitrogens with two attached hydrogens (primary N) is 1. The van der Waals surface area contributed by atoms with E-state index < -0.39 is 11.9 Å². The van der Waals surface area contributed by atoms with Crippen molar-refractivity contribution in [1.82, 2.24) is 0 Å². The maximum Gasteiger partial charge on any atom is 0.350 e. The molecule has 6 heteroatoms. The fourth-order valence-corrected chi connectivity index (χ4v) is 2.44. The molecular formula is C14H13NO4S. The molecule has 0 aliphatic heterocycles. The summed E-state index contributed by atoms with van der Waals surface area (Å²) in [5.41, 5.74) is 7.34. The molecule has 0 saturated carbocycles. The van der Waals surface area contributed by atoms with Gasteiger partial charge in [-0.2, -0.15) is 0 Å². The Hall–Kier alpha value is -2.34. The van der Waals surface area contributed by atoms with E-state index in [0.717, 1.165) is 0 Å². The summed E-state index contributed by atoms with van der Waals surface area (Å²) in [6.07, 6.45) is -0.102. The van der Waals surface area contributed by atoms with Crippen LogP contribution in [-0.2, 0) is 22.6 Å². The average Bonchev–Trinajstić information content (AvgIpc) is 2.83. The van der Waals surface area contributed by atoms with E-state index in [1.807, 2.05) is 0 Å². The molecule has 0 saturated heterocycles. The van der Waals surface area contributed by atoms with E-state index in [1.54, 1.807) is 35.7 Å². The Morgan fingerprint density at radius 1 is 1.20 bits per heavy atom. The second kappa shape index (κ2) is 6.21. The molecule has 3 N–H and O–H groups in total. The van der Waals surface area contributed by atoms with E-state index in [4.69, 9.17) is 15.6 Å². The number of hydrogen-bond donors (Lipinski definition) is 2. The molecule has 0 fully saturated rings. The van der Waals surface area contributed by atoms with Gasteiger partial charge < -0.3 is 15.6 Å². The first-order valence-corrected chi connectivity index (χ1v) is 6.74. The Labute approximate surface area is 119 Å². The first-order chi connectivity index (χ1) is 9.58. The van der Waals surface area contributed by atoms with Crippen molar-refractivity contribution >= 4 is 29.0 Å². The van der Waals surface area contributed by atoms with Crippen molar-refractivity contribution in [3.8, 4) is 0 Å². The number of anilines is 1. The normalized spacial score (nSPS) is 10.2. The fraction of sp³-hybridized carbons (Fsp3) is 0.143. The number of hydrogen-bond acceptors (Lipinski definition) is 5. The Balaban J connectivity index is 2.06. The molecule has 1 heterocycles. The summed E-state index contributed by atoms with van der Waals surface area (Å²) < 4.78 is 5.17. The Bertz CT molecular complexity index is 636. The van der Waals surface area contributed by atoms with Crippen LogP contribution >= 0.6 is 11.3 Å². The van der Waals surface area contributed by atoms with Crippen LogP contribution in [-0.4, -0.2) is 17.0 Å². The fourth-order valence-electron chi connectivity index (χ4n) is 1.73. The molecule has 5 nitrogen and oxygen atoms in total. The van der Waals surface area contributed by atoms with Crippen molar-refractivity contribution in [2.45, 2.75) is 13.0 Å². The van der Waals surface area contributed by atoms with Crippen molar-refractivity contribution in [2.75, 3.05) is 5.73 Å². The van der Waals surface area contributed by atoms with Gasteiger partial charge in [0.05, 0.1) is 12.1 Å². The lowest BCUT2D eigenvalue weighted by molar-refractivity contribution is -0.136. The summed E-state index contributed by atoms with van der Waals surface area (Å²) in [6.45, 7) is 0.0274. The predicted octanol–water partition coefficient (Wildman–Crippen LogP) is 2.31. The molecule has 0 bridgehead atoms. The highest BCUT2D eigenvalue weighted by molar-refractivity contribution is 7.12. The summed E-state index contributed by atoms with van der Waals surface area (Å²) in [6, 6.07) is 8.61. The molecule has 20 heavy (non-hydrogen) atoms. The van der Waals surface area contributed by atoms with Crippen LogP contribution in [0.15, 0.2) is 35.7 Å². The lowest BCUT2D eigenvalue weighted by Gasteiger charge is -2.08. The predicted molar refractivity (Wildman–Crippen MR) is 75.6 cm³/mol. The van der Waals surface area contributed by atoms with E-state index in [-0.39, 0.29) is 13.0 Å². The van der Waals surface area contributed by atoms with Gasteiger partial charge in [0.1, 0.15) is 11.5 Å². The van der Waals surface area contributed by atoms with Crippen LogP contribution in [0.1, 0.15) is 20.8 Å². The summed E-state index contributed by atoms with van der Waals surface area (Å²) in [4.78, 5) is 23.0. The number of nitrogen functional groups attached to an aromatic ring is 1. The second-order valence-corrected chi connectivity index (χ2v) is 5.04. The largest absolute Gasteiger partial charge is 0.481 e. The molecule has 0 radical (unpaired) electrons. The minimum atomic E-state index is -0.925. The summed E-state index contributed by atoms with van der Waals surface area (Å²) in [5, 5.41) is 10.5. The SMILES string of the molecule is Nc1ccsc1C(=O)OCc1ccccc1CC(=O)O. The minimum Gasteiger partial charge on any atom is -0.481 e. The van der Waals surface area contributed by atoms with Gasteiger partial charge >= 0.3 is 11.9 Å². The maximum atomic E-state index is 11.8.